The van der Waals surface area contributed by atoms with Crippen LogP contribution < -0.4 is 0 Å². The average Bonchev–Trinajstić information content (AvgIpc) is 2.34. The summed E-state index contributed by atoms with van der Waals surface area (Å²) >= 11 is 16.2. The van der Waals surface area contributed by atoms with E-state index in [0.29, 0.717) is 21.7 Å². The summed E-state index contributed by atoms with van der Waals surface area (Å²) in [6, 6.07) is 5.33. The average molecular weight is 377 g/mol. The second-order valence-electron chi connectivity index (χ2n) is 3.25. The molecule has 0 aliphatic carbocycles. The Labute approximate surface area is 136 Å². The van der Waals surface area contributed by atoms with Crippen molar-refractivity contribution in [2.45, 2.75) is 18.7 Å². The Bertz CT molecular complexity index is 450. The zero-order valence-corrected chi connectivity index (χ0v) is 15.5. The molecule has 1 aromatic rings. The Morgan fingerprint density at radius 1 is 1.26 bits per heavy atom. The molecule has 108 valence electrons. The molecule has 8 heteroatoms. The van der Waals surface area contributed by atoms with Gasteiger partial charge in [-0.1, -0.05) is 41.5 Å². The number of thioether (sulfide) groups is 1. The van der Waals surface area contributed by atoms with E-state index in [2.05, 4.69) is 0 Å². The molecule has 0 saturated carbocycles. The minimum Gasteiger partial charge on any atom is -0.314 e. The topological polar surface area (TPSA) is 26.3 Å². The fraction of sp³-hybridized carbons (Fsp3) is 0.455. The molecule has 0 saturated heterocycles. The molecule has 1 rings (SSSR count). The summed E-state index contributed by atoms with van der Waals surface area (Å²) in [5.41, 5.74) is 0. The molecule has 0 bridgehead atoms. The first-order valence-corrected chi connectivity index (χ1v) is 12.2. The standard InChI is InChI=1S/C11H15Cl2O2PS3/c1-3-15-16(14,18-4-2)19-8-17-11-7-9(12)5-6-10(11)13/h5-7H,3-4,8H2,1-2H3. The lowest BCUT2D eigenvalue weighted by Gasteiger charge is -2.15. The molecule has 0 radical (unpaired) electrons. The molecule has 0 spiro atoms. The maximum Gasteiger partial charge on any atom is 0.313 e. The van der Waals surface area contributed by atoms with E-state index >= 15 is 0 Å². The van der Waals surface area contributed by atoms with Crippen molar-refractivity contribution >= 4 is 63.5 Å². The van der Waals surface area contributed by atoms with Crippen LogP contribution in [0.1, 0.15) is 13.8 Å². The molecular formula is C11H15Cl2O2PS3. The molecule has 1 atom stereocenters. The first-order chi connectivity index (χ1) is 9.00. The second-order valence-corrected chi connectivity index (χ2v) is 13.1. The molecule has 0 aromatic heterocycles. The summed E-state index contributed by atoms with van der Waals surface area (Å²) in [7, 11) is 0. The molecule has 0 aliphatic heterocycles. The Balaban J connectivity index is 2.56. The van der Waals surface area contributed by atoms with E-state index in [4.69, 9.17) is 27.7 Å². The van der Waals surface area contributed by atoms with E-state index in [1.54, 1.807) is 12.1 Å². The van der Waals surface area contributed by atoms with Gasteiger partial charge in [0.1, 0.15) is 0 Å². The number of hydrogen-bond acceptors (Lipinski definition) is 5. The Morgan fingerprint density at radius 2 is 2.00 bits per heavy atom. The second kappa shape index (κ2) is 9.14. The van der Waals surface area contributed by atoms with Gasteiger partial charge in [0.2, 0.25) is 0 Å². The predicted octanol–water partition coefficient (Wildman–Crippen LogP) is 6.67. The first kappa shape index (κ1) is 18.1. The fourth-order valence-corrected chi connectivity index (χ4v) is 10.9. The summed E-state index contributed by atoms with van der Waals surface area (Å²) < 4.78 is 17.8. The van der Waals surface area contributed by atoms with Gasteiger partial charge in [-0.25, -0.2) is 0 Å². The van der Waals surface area contributed by atoms with Gasteiger partial charge in [-0.2, -0.15) is 0 Å². The first-order valence-electron chi connectivity index (χ1n) is 5.62. The van der Waals surface area contributed by atoms with Gasteiger partial charge < -0.3 is 4.52 Å². The van der Waals surface area contributed by atoms with Gasteiger partial charge >= 0.3 is 5.77 Å². The van der Waals surface area contributed by atoms with E-state index in [1.165, 1.54) is 34.5 Å². The van der Waals surface area contributed by atoms with Crippen LogP contribution in [0.3, 0.4) is 0 Å². The normalized spacial score (nSPS) is 14.3. The lowest BCUT2D eigenvalue weighted by Crippen LogP contribution is -1.84. The summed E-state index contributed by atoms with van der Waals surface area (Å²) in [6.45, 7) is 4.28. The maximum atomic E-state index is 12.4. The minimum absolute atomic E-state index is 0.458. The molecule has 0 heterocycles. The van der Waals surface area contributed by atoms with Crippen molar-refractivity contribution < 1.29 is 9.09 Å². The van der Waals surface area contributed by atoms with Crippen molar-refractivity contribution in [1.82, 2.24) is 0 Å². The van der Waals surface area contributed by atoms with Gasteiger partial charge in [0.05, 0.1) is 16.7 Å². The van der Waals surface area contributed by atoms with Crippen molar-refractivity contribution in [3.8, 4) is 0 Å². The highest BCUT2D eigenvalue weighted by Gasteiger charge is 2.23. The third-order valence-electron chi connectivity index (χ3n) is 1.89. The molecule has 1 unspecified atom stereocenters. The smallest absolute Gasteiger partial charge is 0.313 e. The van der Waals surface area contributed by atoms with Crippen LogP contribution in [-0.2, 0) is 9.09 Å². The monoisotopic (exact) mass is 376 g/mol. The molecule has 0 amide bonds. The highest BCUT2D eigenvalue weighted by Crippen LogP contribution is 2.70. The van der Waals surface area contributed by atoms with Crippen molar-refractivity contribution in [2.24, 2.45) is 0 Å². The Kier molecular flexibility index (Phi) is 8.70. The Hall–Kier alpha value is 1.04. The van der Waals surface area contributed by atoms with Crippen molar-refractivity contribution in [2.75, 3.05) is 17.4 Å². The molecule has 0 fully saturated rings. The number of halogens is 2. The predicted molar refractivity (Wildman–Crippen MR) is 92.1 cm³/mol. The van der Waals surface area contributed by atoms with Crippen LogP contribution >= 0.6 is 63.5 Å². The van der Waals surface area contributed by atoms with Crippen molar-refractivity contribution in [1.29, 1.82) is 0 Å². The van der Waals surface area contributed by atoms with E-state index < -0.39 is 5.77 Å². The molecular weight excluding hydrogens is 362 g/mol. The number of rotatable bonds is 8. The van der Waals surface area contributed by atoms with E-state index in [-0.39, 0.29) is 0 Å². The maximum absolute atomic E-state index is 12.4. The van der Waals surface area contributed by atoms with Gasteiger partial charge in [0.25, 0.3) is 0 Å². The molecule has 2 nitrogen and oxygen atoms in total. The number of benzene rings is 1. The summed E-state index contributed by atoms with van der Waals surface area (Å²) in [5, 5.41) is 1.92. The lowest BCUT2D eigenvalue weighted by molar-refractivity contribution is 0.357. The minimum atomic E-state index is -2.65. The lowest BCUT2D eigenvalue weighted by atomic mass is 10.4. The van der Waals surface area contributed by atoms with Gasteiger partial charge in [-0.3, -0.25) is 4.57 Å². The summed E-state index contributed by atoms with van der Waals surface area (Å²) in [4.78, 5) is 0.895. The molecule has 0 N–H and O–H groups in total. The molecule has 0 aliphatic rings. The van der Waals surface area contributed by atoms with Crippen LogP contribution in [-0.4, -0.2) is 17.4 Å². The van der Waals surface area contributed by atoms with Crippen molar-refractivity contribution in [3.63, 3.8) is 0 Å². The zero-order valence-electron chi connectivity index (χ0n) is 10.6. The van der Waals surface area contributed by atoms with Crippen LogP contribution in [0.2, 0.25) is 10.0 Å². The quantitative estimate of drug-likeness (QED) is 0.286. The summed E-state index contributed by atoms with van der Waals surface area (Å²) in [5.74, 6) is -1.88. The number of hydrogen-bond donors (Lipinski definition) is 0. The van der Waals surface area contributed by atoms with Gasteiger partial charge in [0.15, 0.2) is 0 Å². The van der Waals surface area contributed by atoms with Crippen LogP contribution in [0.15, 0.2) is 23.1 Å². The van der Waals surface area contributed by atoms with Gasteiger partial charge in [-0.05, 0) is 36.5 Å². The highest BCUT2D eigenvalue weighted by atomic mass is 35.5. The fourth-order valence-electron chi connectivity index (χ4n) is 1.17. The van der Waals surface area contributed by atoms with Crippen LogP contribution in [0.5, 0.6) is 0 Å². The third-order valence-corrected chi connectivity index (χ3v) is 11.7. The molecule has 19 heavy (non-hydrogen) atoms. The van der Waals surface area contributed by atoms with Crippen molar-refractivity contribution in [3.05, 3.63) is 28.2 Å². The van der Waals surface area contributed by atoms with E-state index in [1.807, 2.05) is 19.9 Å². The Morgan fingerprint density at radius 3 is 2.63 bits per heavy atom. The van der Waals surface area contributed by atoms with E-state index in [0.717, 1.165) is 10.6 Å². The SMILES string of the molecule is CCOP(=O)(SCC)SCSc1cc(Cl)ccc1Cl. The van der Waals surface area contributed by atoms with E-state index in [9.17, 15) is 4.57 Å². The largest absolute Gasteiger partial charge is 0.314 e. The van der Waals surface area contributed by atoms with Gasteiger partial charge in [0, 0.05) is 15.7 Å². The zero-order chi connectivity index (χ0) is 14.3. The molecule has 1 aromatic carbocycles. The third kappa shape index (κ3) is 6.56. The van der Waals surface area contributed by atoms with Crippen LogP contribution in [0, 0.1) is 0 Å². The van der Waals surface area contributed by atoms with Crippen LogP contribution in [0.4, 0.5) is 0 Å². The van der Waals surface area contributed by atoms with Crippen LogP contribution in [0.25, 0.3) is 0 Å². The van der Waals surface area contributed by atoms with Gasteiger partial charge in [-0.15, -0.1) is 11.8 Å². The highest BCUT2D eigenvalue weighted by molar-refractivity contribution is 8.89. The summed E-state index contributed by atoms with van der Waals surface area (Å²) in [6.07, 6.45) is 0.